The maximum Gasteiger partial charge on any atom is 1.00 e. The molecule has 0 aliphatic carbocycles. The summed E-state index contributed by atoms with van der Waals surface area (Å²) in [5.41, 5.74) is 1.15. The maximum absolute atomic E-state index is 5.98. The summed E-state index contributed by atoms with van der Waals surface area (Å²) in [5.74, 6) is 0. The minimum absolute atomic E-state index is 0. The predicted molar refractivity (Wildman–Crippen MR) is 139 cm³/mol. The van der Waals surface area contributed by atoms with Gasteiger partial charge in [0.2, 0.25) is 0 Å². The SMILES string of the molecule is CO[C@H](c1ccccc1)[C@H](C)[N-][Si](c1ccccc1)(c1ccccc1)c1ccccc1.[CH3-].[Cu+].[Li+]. The van der Waals surface area contributed by atoms with Gasteiger partial charge < -0.3 is 17.1 Å². The molecule has 0 heterocycles. The third kappa shape index (κ3) is 6.42. The molecule has 0 unspecified atom stereocenters. The van der Waals surface area contributed by atoms with Gasteiger partial charge in [-0.2, -0.15) is 0 Å². The molecule has 0 amide bonds. The Bertz CT molecular complexity index is 972. The summed E-state index contributed by atoms with van der Waals surface area (Å²) in [4.78, 5) is 5.68. The minimum Gasteiger partial charge on any atom is -0.648 e. The van der Waals surface area contributed by atoms with Gasteiger partial charge in [-0.15, -0.1) is 6.04 Å². The Balaban J connectivity index is 0.00000193. The molecule has 0 aromatic heterocycles. The Labute approximate surface area is 228 Å². The molecule has 0 saturated heterocycles. The molecule has 4 rings (SSSR count). The zero-order valence-corrected chi connectivity index (χ0v) is 22.3. The fraction of sp³-hybridized carbons (Fsp3) is 0.138. The number of methoxy groups -OCH3 is 1. The molecule has 4 aromatic rings. The van der Waals surface area contributed by atoms with Crippen molar-refractivity contribution >= 4 is 23.8 Å². The largest absolute Gasteiger partial charge is 1.00 e. The van der Waals surface area contributed by atoms with Gasteiger partial charge in [-0.05, 0) is 5.56 Å². The third-order valence-electron chi connectivity index (χ3n) is 5.79. The summed E-state index contributed by atoms with van der Waals surface area (Å²) in [6.07, 6.45) is -0.107. The van der Waals surface area contributed by atoms with E-state index in [4.69, 9.17) is 9.72 Å². The minimum atomic E-state index is -2.65. The second-order valence-electron chi connectivity index (χ2n) is 7.75. The van der Waals surface area contributed by atoms with Crippen molar-refractivity contribution in [2.45, 2.75) is 19.1 Å². The Morgan fingerprint density at radius 3 is 1.26 bits per heavy atom. The molecule has 0 fully saturated rings. The average molecular weight is 508 g/mol. The zero-order chi connectivity index (χ0) is 21.5. The van der Waals surface area contributed by atoms with Gasteiger partial charge in [0.15, 0.2) is 0 Å². The van der Waals surface area contributed by atoms with Crippen molar-refractivity contribution in [3.05, 3.63) is 139 Å². The number of nitrogens with zero attached hydrogens (tertiary/aromatic N) is 1. The molecule has 0 bridgehead atoms. The van der Waals surface area contributed by atoms with Crippen molar-refractivity contribution in [1.29, 1.82) is 0 Å². The first-order valence-electron chi connectivity index (χ1n) is 10.7. The number of benzene rings is 4. The molecule has 2 nitrogen and oxygen atoms in total. The van der Waals surface area contributed by atoms with Crippen molar-refractivity contribution < 1.29 is 40.7 Å². The molecule has 5 heteroatoms. The molecule has 0 spiro atoms. The summed E-state index contributed by atoms with van der Waals surface area (Å²) in [6, 6.07) is 42.7. The van der Waals surface area contributed by atoms with Gasteiger partial charge in [0.1, 0.15) is 0 Å². The van der Waals surface area contributed by atoms with Crippen LogP contribution in [0, 0.1) is 7.43 Å². The molecule has 4 aromatic carbocycles. The Morgan fingerprint density at radius 2 is 0.941 bits per heavy atom. The van der Waals surface area contributed by atoms with E-state index >= 15 is 0 Å². The average Bonchev–Trinajstić information content (AvgIpc) is 2.85. The quantitative estimate of drug-likeness (QED) is 0.204. The van der Waals surface area contributed by atoms with Crippen LogP contribution in [-0.2, 0) is 21.8 Å². The van der Waals surface area contributed by atoms with Gasteiger partial charge >= 0.3 is 35.9 Å². The monoisotopic (exact) mass is 507 g/mol. The van der Waals surface area contributed by atoms with Gasteiger partial charge in [0.05, 0.1) is 6.10 Å². The normalized spacial score (nSPS) is 12.3. The molecule has 0 radical (unpaired) electrons. The van der Waals surface area contributed by atoms with Crippen LogP contribution in [-0.4, -0.2) is 21.4 Å². The molecule has 34 heavy (non-hydrogen) atoms. The molecule has 0 N–H and O–H groups in total. The first-order chi connectivity index (χ1) is 15.3. The Kier molecular flexibility index (Phi) is 12.9. The van der Waals surface area contributed by atoms with E-state index in [0.29, 0.717) is 0 Å². The van der Waals surface area contributed by atoms with Crippen LogP contribution in [0.4, 0.5) is 0 Å². The van der Waals surface area contributed by atoms with Gasteiger partial charge in [0, 0.05) is 15.3 Å². The molecule has 0 aliphatic rings. The van der Waals surface area contributed by atoms with E-state index in [0.717, 1.165) is 5.56 Å². The summed E-state index contributed by atoms with van der Waals surface area (Å²) >= 11 is 0. The first kappa shape index (κ1) is 30.2. The van der Waals surface area contributed by atoms with Crippen LogP contribution in [0.2, 0.25) is 0 Å². The van der Waals surface area contributed by atoms with E-state index in [9.17, 15) is 0 Å². The smallest absolute Gasteiger partial charge is 0.648 e. The van der Waals surface area contributed by atoms with Gasteiger partial charge in [-0.1, -0.05) is 144 Å². The number of hydrogen-bond acceptors (Lipinski definition) is 1. The van der Waals surface area contributed by atoms with E-state index in [1.165, 1.54) is 15.6 Å². The summed E-state index contributed by atoms with van der Waals surface area (Å²) in [6.45, 7) is 2.18. The summed E-state index contributed by atoms with van der Waals surface area (Å²) < 4.78 is 5.98. The van der Waals surface area contributed by atoms with Crippen LogP contribution in [0.3, 0.4) is 0 Å². The summed E-state index contributed by atoms with van der Waals surface area (Å²) in [7, 11) is -0.876. The van der Waals surface area contributed by atoms with E-state index in [-0.39, 0.29) is 55.5 Å². The van der Waals surface area contributed by atoms with E-state index < -0.39 is 8.24 Å². The fourth-order valence-corrected chi connectivity index (χ4v) is 8.61. The standard InChI is InChI=1S/C28H28NOSi.CH3.Cu.Li/c1-23(28(30-2)24-15-7-3-8-16-24)29-31(25-17-9-4-10-18-25,26-19-11-5-12-20-26)27-21-13-6-14-22-27;;;/h3-23,28H,1-2H3;1H3;;/q2*-1;2*+1/t23-,28-;;;/m0.../s1. The second kappa shape index (κ2) is 14.5. The fourth-order valence-electron chi connectivity index (χ4n) is 4.39. The van der Waals surface area contributed by atoms with Crippen molar-refractivity contribution in [2.75, 3.05) is 7.11 Å². The third-order valence-corrected chi connectivity index (χ3v) is 10.1. The van der Waals surface area contributed by atoms with Crippen LogP contribution in [0.1, 0.15) is 18.6 Å². The van der Waals surface area contributed by atoms with Gasteiger partial charge in [-0.3, -0.25) is 0 Å². The van der Waals surface area contributed by atoms with Crippen molar-refractivity contribution in [2.24, 2.45) is 0 Å². The van der Waals surface area contributed by atoms with Crippen LogP contribution >= 0.6 is 0 Å². The van der Waals surface area contributed by atoms with Crippen molar-refractivity contribution in [3.8, 4) is 0 Å². The Morgan fingerprint density at radius 1 is 0.618 bits per heavy atom. The number of hydrogen-bond donors (Lipinski definition) is 0. The molecular weight excluding hydrogens is 477 g/mol. The van der Waals surface area contributed by atoms with Crippen molar-refractivity contribution in [1.82, 2.24) is 0 Å². The molecule has 0 saturated carbocycles. The Hall–Kier alpha value is -1.87. The predicted octanol–water partition coefficient (Wildman–Crippen LogP) is 2.26. The first-order valence-corrected chi connectivity index (χ1v) is 12.7. The summed E-state index contributed by atoms with van der Waals surface area (Å²) in [5, 5.41) is 3.84. The molecule has 0 aliphatic heterocycles. The number of rotatable bonds is 8. The van der Waals surface area contributed by atoms with E-state index in [1.54, 1.807) is 7.11 Å². The van der Waals surface area contributed by atoms with Crippen molar-refractivity contribution in [3.63, 3.8) is 0 Å². The molecule has 174 valence electrons. The second-order valence-corrected chi connectivity index (χ2v) is 11.2. The van der Waals surface area contributed by atoms with E-state index in [2.05, 4.69) is 122 Å². The van der Waals surface area contributed by atoms with Crippen LogP contribution in [0.5, 0.6) is 0 Å². The van der Waals surface area contributed by atoms with Crippen LogP contribution in [0.25, 0.3) is 4.98 Å². The maximum atomic E-state index is 5.98. The number of ether oxygens (including phenoxy) is 1. The van der Waals surface area contributed by atoms with Crippen LogP contribution in [0.15, 0.2) is 121 Å². The zero-order valence-electron chi connectivity index (χ0n) is 20.4. The van der Waals surface area contributed by atoms with Crippen LogP contribution < -0.4 is 34.4 Å². The molecular formula is C29H31CuLiNOSi. The molecule has 2 atom stereocenters. The topological polar surface area (TPSA) is 23.3 Å². The van der Waals surface area contributed by atoms with E-state index in [1.807, 2.05) is 6.07 Å². The van der Waals surface area contributed by atoms with Gasteiger partial charge in [-0.25, -0.2) is 0 Å². The van der Waals surface area contributed by atoms with Gasteiger partial charge in [0.25, 0.3) is 0 Å².